The average molecular weight is 262 g/mol. The van der Waals surface area contributed by atoms with E-state index in [4.69, 9.17) is 11.6 Å². The number of aryl methyl sites for hydroxylation is 2. The first-order chi connectivity index (χ1) is 8.54. The molecule has 0 spiro atoms. The number of nitrogens with one attached hydrogen (secondary N) is 1. The molecule has 3 nitrogen and oxygen atoms in total. The van der Waals surface area contributed by atoms with E-state index in [9.17, 15) is 0 Å². The summed E-state index contributed by atoms with van der Waals surface area (Å²) in [5.74, 6) is 1.61. The average Bonchev–Trinajstić information content (AvgIpc) is 2.27. The first-order valence-corrected chi connectivity index (χ1v) is 6.26. The third-order valence-corrected chi connectivity index (χ3v) is 2.91. The summed E-state index contributed by atoms with van der Waals surface area (Å²) < 4.78 is 0. The van der Waals surface area contributed by atoms with Crippen LogP contribution in [0.1, 0.15) is 30.0 Å². The van der Waals surface area contributed by atoms with Gasteiger partial charge in [0.25, 0.3) is 0 Å². The Morgan fingerprint density at radius 1 is 1.17 bits per heavy atom. The fourth-order valence-corrected chi connectivity index (χ4v) is 2.07. The van der Waals surface area contributed by atoms with Crippen LogP contribution in [-0.4, -0.2) is 9.97 Å². The summed E-state index contributed by atoms with van der Waals surface area (Å²) in [7, 11) is 0. The molecule has 1 aromatic carbocycles. The molecule has 0 saturated heterocycles. The van der Waals surface area contributed by atoms with Gasteiger partial charge in [-0.25, -0.2) is 9.97 Å². The van der Waals surface area contributed by atoms with Gasteiger partial charge in [0.05, 0.1) is 0 Å². The summed E-state index contributed by atoms with van der Waals surface area (Å²) >= 11 is 5.99. The van der Waals surface area contributed by atoms with E-state index in [0.717, 1.165) is 27.9 Å². The molecule has 1 heterocycles. The standard InChI is InChI=1S/C14H16ClN3/c1-9-7-14(18-11(3)16-9)17-10(2)12-5-4-6-13(15)8-12/h4-8,10H,1-3H3,(H,16,17,18). The Bertz CT molecular complexity index is 534. The lowest BCUT2D eigenvalue weighted by atomic mass is 10.1. The van der Waals surface area contributed by atoms with Crippen LogP contribution in [0.5, 0.6) is 0 Å². The Kier molecular flexibility index (Phi) is 3.82. The highest BCUT2D eigenvalue weighted by Gasteiger charge is 2.07. The second-order valence-electron chi connectivity index (χ2n) is 4.36. The summed E-state index contributed by atoms with van der Waals surface area (Å²) in [6.45, 7) is 5.94. The van der Waals surface area contributed by atoms with Gasteiger partial charge in [0, 0.05) is 22.8 Å². The third-order valence-electron chi connectivity index (χ3n) is 2.68. The maximum atomic E-state index is 5.99. The highest BCUT2D eigenvalue weighted by atomic mass is 35.5. The lowest BCUT2D eigenvalue weighted by Crippen LogP contribution is -2.09. The zero-order valence-corrected chi connectivity index (χ0v) is 11.5. The van der Waals surface area contributed by atoms with E-state index in [2.05, 4.69) is 22.2 Å². The molecule has 0 aliphatic carbocycles. The zero-order valence-electron chi connectivity index (χ0n) is 10.7. The van der Waals surface area contributed by atoms with E-state index in [0.29, 0.717) is 0 Å². The highest BCUT2D eigenvalue weighted by Crippen LogP contribution is 2.21. The van der Waals surface area contributed by atoms with Gasteiger partial charge >= 0.3 is 0 Å². The first kappa shape index (κ1) is 12.8. The Morgan fingerprint density at radius 3 is 2.61 bits per heavy atom. The molecule has 0 amide bonds. The molecule has 18 heavy (non-hydrogen) atoms. The number of hydrogen-bond acceptors (Lipinski definition) is 3. The van der Waals surface area contributed by atoms with Crippen molar-refractivity contribution in [1.82, 2.24) is 9.97 Å². The lowest BCUT2D eigenvalue weighted by Gasteiger charge is -2.15. The fourth-order valence-electron chi connectivity index (χ4n) is 1.87. The highest BCUT2D eigenvalue weighted by molar-refractivity contribution is 6.30. The van der Waals surface area contributed by atoms with Crippen molar-refractivity contribution in [2.75, 3.05) is 5.32 Å². The molecule has 4 heteroatoms. The number of aromatic nitrogens is 2. The van der Waals surface area contributed by atoms with Crippen LogP contribution in [-0.2, 0) is 0 Å². The van der Waals surface area contributed by atoms with Crippen molar-refractivity contribution in [3.63, 3.8) is 0 Å². The van der Waals surface area contributed by atoms with Crippen LogP contribution in [0.15, 0.2) is 30.3 Å². The molecule has 0 aliphatic heterocycles. The van der Waals surface area contributed by atoms with E-state index < -0.39 is 0 Å². The SMILES string of the molecule is Cc1cc(NC(C)c2cccc(Cl)c2)nc(C)n1. The molecule has 2 rings (SSSR count). The molecular weight excluding hydrogens is 246 g/mol. The zero-order chi connectivity index (χ0) is 13.1. The number of nitrogens with zero attached hydrogens (tertiary/aromatic N) is 2. The van der Waals surface area contributed by atoms with Gasteiger partial charge in [0.2, 0.25) is 0 Å². The molecule has 1 atom stereocenters. The number of halogens is 1. The van der Waals surface area contributed by atoms with Crippen molar-refractivity contribution in [1.29, 1.82) is 0 Å². The van der Waals surface area contributed by atoms with Crippen molar-refractivity contribution in [2.45, 2.75) is 26.8 Å². The van der Waals surface area contributed by atoms with Crippen LogP contribution in [0.2, 0.25) is 5.02 Å². The third kappa shape index (κ3) is 3.20. The molecule has 2 aromatic rings. The predicted molar refractivity (Wildman–Crippen MR) is 75.0 cm³/mol. The maximum absolute atomic E-state index is 5.99. The van der Waals surface area contributed by atoms with Gasteiger partial charge in [-0.2, -0.15) is 0 Å². The molecule has 0 radical (unpaired) electrons. The summed E-state index contributed by atoms with van der Waals surface area (Å²) in [6, 6.07) is 9.92. The molecule has 0 fully saturated rings. The number of rotatable bonds is 3. The van der Waals surface area contributed by atoms with Crippen molar-refractivity contribution in [3.05, 3.63) is 52.4 Å². The van der Waals surface area contributed by atoms with Crippen molar-refractivity contribution >= 4 is 17.4 Å². The molecule has 0 bridgehead atoms. The predicted octanol–water partition coefficient (Wildman–Crippen LogP) is 3.92. The fraction of sp³-hybridized carbons (Fsp3) is 0.286. The van der Waals surface area contributed by atoms with Gasteiger partial charge in [-0.15, -0.1) is 0 Å². The van der Waals surface area contributed by atoms with E-state index in [-0.39, 0.29) is 6.04 Å². The molecule has 0 aliphatic rings. The smallest absolute Gasteiger partial charge is 0.130 e. The Labute approximate surface area is 112 Å². The lowest BCUT2D eigenvalue weighted by molar-refractivity contribution is 0.864. The second kappa shape index (κ2) is 5.36. The van der Waals surface area contributed by atoms with Crippen LogP contribution >= 0.6 is 11.6 Å². The largest absolute Gasteiger partial charge is 0.363 e. The monoisotopic (exact) mass is 261 g/mol. The van der Waals surface area contributed by atoms with Gasteiger partial charge in [-0.05, 0) is 38.5 Å². The topological polar surface area (TPSA) is 37.8 Å². The van der Waals surface area contributed by atoms with Crippen LogP contribution in [0, 0.1) is 13.8 Å². The molecular formula is C14H16ClN3. The van der Waals surface area contributed by atoms with Crippen LogP contribution < -0.4 is 5.32 Å². The summed E-state index contributed by atoms with van der Waals surface area (Å²) in [5, 5.41) is 4.10. The van der Waals surface area contributed by atoms with Crippen LogP contribution in [0.4, 0.5) is 5.82 Å². The second-order valence-corrected chi connectivity index (χ2v) is 4.80. The minimum atomic E-state index is 0.150. The molecule has 1 aromatic heterocycles. The van der Waals surface area contributed by atoms with Crippen LogP contribution in [0.25, 0.3) is 0 Å². The first-order valence-electron chi connectivity index (χ1n) is 5.89. The van der Waals surface area contributed by atoms with Crippen molar-refractivity contribution < 1.29 is 0 Å². The van der Waals surface area contributed by atoms with E-state index in [1.165, 1.54) is 0 Å². The quantitative estimate of drug-likeness (QED) is 0.910. The molecule has 1 unspecified atom stereocenters. The maximum Gasteiger partial charge on any atom is 0.130 e. The van der Waals surface area contributed by atoms with Crippen LogP contribution in [0.3, 0.4) is 0 Å². The Balaban J connectivity index is 2.18. The van der Waals surface area contributed by atoms with Crippen molar-refractivity contribution in [3.8, 4) is 0 Å². The Morgan fingerprint density at radius 2 is 1.94 bits per heavy atom. The Hall–Kier alpha value is -1.61. The van der Waals surface area contributed by atoms with E-state index in [1.807, 2.05) is 44.2 Å². The summed E-state index contributed by atoms with van der Waals surface area (Å²) in [4.78, 5) is 8.62. The molecule has 1 N–H and O–H groups in total. The minimum Gasteiger partial charge on any atom is -0.363 e. The van der Waals surface area contributed by atoms with Gasteiger partial charge in [0.15, 0.2) is 0 Å². The summed E-state index contributed by atoms with van der Waals surface area (Å²) in [5.41, 5.74) is 2.10. The molecule has 94 valence electrons. The van der Waals surface area contributed by atoms with E-state index in [1.54, 1.807) is 0 Å². The van der Waals surface area contributed by atoms with Gasteiger partial charge < -0.3 is 5.32 Å². The van der Waals surface area contributed by atoms with Gasteiger partial charge in [-0.3, -0.25) is 0 Å². The van der Waals surface area contributed by atoms with Crippen molar-refractivity contribution in [2.24, 2.45) is 0 Å². The van der Waals surface area contributed by atoms with E-state index >= 15 is 0 Å². The summed E-state index contributed by atoms with van der Waals surface area (Å²) in [6.07, 6.45) is 0. The van der Waals surface area contributed by atoms with Gasteiger partial charge in [0.1, 0.15) is 11.6 Å². The minimum absolute atomic E-state index is 0.150. The van der Waals surface area contributed by atoms with Gasteiger partial charge in [-0.1, -0.05) is 23.7 Å². The normalized spacial score (nSPS) is 12.2. The molecule has 0 saturated carbocycles. The number of benzene rings is 1. The number of hydrogen-bond donors (Lipinski definition) is 1. The number of anilines is 1.